The zero-order chi connectivity index (χ0) is 22.5. The first kappa shape index (κ1) is 22.6. The SMILES string of the molecule is Cc1c(SCCCSc2ccc3ncc([N+](=O)[O-])n3n2)ccnc1C(S)c1ccncc1. The Bertz CT molecular complexity index is 1230. The van der Waals surface area contributed by atoms with E-state index in [1.165, 1.54) is 15.6 Å². The molecule has 164 valence electrons. The average Bonchev–Trinajstić information content (AvgIpc) is 3.24. The lowest BCUT2D eigenvalue weighted by atomic mass is 10.1. The molecule has 1 atom stereocenters. The maximum absolute atomic E-state index is 11.1. The molecule has 0 bridgehead atoms. The van der Waals surface area contributed by atoms with E-state index in [4.69, 9.17) is 12.6 Å². The number of imidazole rings is 1. The van der Waals surface area contributed by atoms with E-state index < -0.39 is 4.92 Å². The standard InChI is InChI=1S/C21H20N6O2S3/c1-14-16(7-10-23-20(14)21(30)15-5-8-22-9-6-15)31-11-2-12-32-18-4-3-17-24-13-19(27(28)29)26(17)25-18/h3-10,13,21,30H,2,11-12H2,1H3. The number of nitrogens with zero attached hydrogens (tertiary/aromatic N) is 6. The van der Waals surface area contributed by atoms with Crippen LogP contribution in [0.15, 0.2) is 65.0 Å². The van der Waals surface area contributed by atoms with Crippen LogP contribution in [0.3, 0.4) is 0 Å². The van der Waals surface area contributed by atoms with Crippen molar-refractivity contribution < 1.29 is 4.92 Å². The third-order valence-corrected chi connectivity index (χ3v) is 7.57. The normalized spacial score (nSPS) is 12.2. The third-order valence-electron chi connectivity index (χ3n) is 4.78. The lowest BCUT2D eigenvalue weighted by Crippen LogP contribution is -2.01. The highest BCUT2D eigenvalue weighted by Crippen LogP contribution is 2.33. The maximum Gasteiger partial charge on any atom is 0.368 e. The van der Waals surface area contributed by atoms with E-state index in [1.807, 2.05) is 30.5 Å². The van der Waals surface area contributed by atoms with Crippen LogP contribution in [0.1, 0.15) is 28.5 Å². The summed E-state index contributed by atoms with van der Waals surface area (Å²) in [5.74, 6) is 1.67. The van der Waals surface area contributed by atoms with Crippen molar-refractivity contribution in [3.05, 3.63) is 82.1 Å². The highest BCUT2D eigenvalue weighted by Gasteiger charge is 2.17. The summed E-state index contributed by atoms with van der Waals surface area (Å²) >= 11 is 8.15. The second-order valence-corrected chi connectivity index (χ2v) is 9.64. The smallest absolute Gasteiger partial charge is 0.358 e. The molecule has 0 amide bonds. The summed E-state index contributed by atoms with van der Waals surface area (Å²) in [6, 6.07) is 9.54. The molecule has 11 heteroatoms. The minimum Gasteiger partial charge on any atom is -0.358 e. The number of fused-ring (bicyclic) bond motifs is 1. The van der Waals surface area contributed by atoms with Crippen LogP contribution in [0.5, 0.6) is 0 Å². The van der Waals surface area contributed by atoms with Crippen LogP contribution >= 0.6 is 36.2 Å². The molecule has 4 heterocycles. The van der Waals surface area contributed by atoms with Crippen LogP contribution in [0, 0.1) is 17.0 Å². The van der Waals surface area contributed by atoms with Crippen molar-refractivity contribution in [1.29, 1.82) is 0 Å². The van der Waals surface area contributed by atoms with E-state index >= 15 is 0 Å². The molecule has 0 aliphatic heterocycles. The molecule has 4 aromatic rings. The Kier molecular flexibility index (Phi) is 7.28. The summed E-state index contributed by atoms with van der Waals surface area (Å²) in [5.41, 5.74) is 3.63. The molecule has 0 spiro atoms. The molecule has 0 saturated heterocycles. The van der Waals surface area contributed by atoms with E-state index in [2.05, 4.69) is 27.0 Å². The van der Waals surface area contributed by atoms with Gasteiger partial charge in [-0.05, 0) is 59.4 Å². The van der Waals surface area contributed by atoms with Crippen molar-refractivity contribution in [2.24, 2.45) is 0 Å². The van der Waals surface area contributed by atoms with Gasteiger partial charge in [-0.3, -0.25) is 9.97 Å². The molecule has 32 heavy (non-hydrogen) atoms. The Morgan fingerprint density at radius 2 is 1.88 bits per heavy atom. The first-order chi connectivity index (χ1) is 15.5. The van der Waals surface area contributed by atoms with Crippen molar-refractivity contribution in [1.82, 2.24) is 24.6 Å². The van der Waals surface area contributed by atoms with Gasteiger partial charge in [-0.1, -0.05) is 9.61 Å². The fourth-order valence-corrected chi connectivity index (χ4v) is 5.54. The minimum absolute atomic E-state index is 0.0951. The molecule has 1 unspecified atom stereocenters. The third kappa shape index (κ3) is 5.05. The molecule has 8 nitrogen and oxygen atoms in total. The van der Waals surface area contributed by atoms with Gasteiger partial charge in [-0.2, -0.15) is 12.6 Å². The number of pyridine rings is 2. The van der Waals surface area contributed by atoms with Gasteiger partial charge in [0, 0.05) is 35.3 Å². The van der Waals surface area contributed by atoms with Crippen molar-refractivity contribution in [2.45, 2.75) is 28.5 Å². The van der Waals surface area contributed by atoms with Crippen LogP contribution in [0.4, 0.5) is 5.82 Å². The monoisotopic (exact) mass is 484 g/mol. The number of hydrogen-bond acceptors (Lipinski definition) is 9. The molecule has 0 aliphatic carbocycles. The van der Waals surface area contributed by atoms with Crippen molar-refractivity contribution >= 4 is 47.6 Å². The summed E-state index contributed by atoms with van der Waals surface area (Å²) in [5, 5.41) is 16.1. The van der Waals surface area contributed by atoms with Gasteiger partial charge in [0.05, 0.1) is 10.9 Å². The predicted octanol–water partition coefficient (Wildman–Crippen LogP) is 5.03. The highest BCUT2D eigenvalue weighted by atomic mass is 32.2. The largest absolute Gasteiger partial charge is 0.368 e. The summed E-state index contributed by atoms with van der Waals surface area (Å²) < 4.78 is 1.27. The van der Waals surface area contributed by atoms with Gasteiger partial charge in [0.2, 0.25) is 5.65 Å². The number of rotatable bonds is 9. The Morgan fingerprint density at radius 3 is 2.66 bits per heavy atom. The van der Waals surface area contributed by atoms with Gasteiger partial charge < -0.3 is 10.1 Å². The van der Waals surface area contributed by atoms with E-state index in [0.29, 0.717) is 5.65 Å². The van der Waals surface area contributed by atoms with Gasteiger partial charge in [0.1, 0.15) is 11.2 Å². The minimum atomic E-state index is -0.479. The van der Waals surface area contributed by atoms with E-state index in [9.17, 15) is 10.1 Å². The fraction of sp³-hybridized carbons (Fsp3) is 0.238. The molecule has 0 aromatic carbocycles. The fourth-order valence-electron chi connectivity index (χ4n) is 3.13. The molecule has 0 N–H and O–H groups in total. The molecule has 4 rings (SSSR count). The van der Waals surface area contributed by atoms with Crippen LogP contribution in [0.25, 0.3) is 5.65 Å². The Balaban J connectivity index is 1.33. The first-order valence-electron chi connectivity index (χ1n) is 9.83. The summed E-state index contributed by atoms with van der Waals surface area (Å²) in [4.78, 5) is 24.4. The Hall–Kier alpha value is -2.63. The van der Waals surface area contributed by atoms with Crippen LogP contribution in [-0.4, -0.2) is 41.0 Å². The van der Waals surface area contributed by atoms with Crippen molar-refractivity contribution in [3.63, 3.8) is 0 Å². The zero-order valence-electron chi connectivity index (χ0n) is 17.2. The average molecular weight is 485 g/mol. The van der Waals surface area contributed by atoms with Crippen molar-refractivity contribution in [2.75, 3.05) is 11.5 Å². The van der Waals surface area contributed by atoms with Crippen LogP contribution in [0.2, 0.25) is 0 Å². The number of aromatic nitrogens is 5. The second kappa shape index (κ2) is 10.3. The first-order valence-corrected chi connectivity index (χ1v) is 12.3. The lowest BCUT2D eigenvalue weighted by Gasteiger charge is -2.15. The van der Waals surface area contributed by atoms with E-state index in [-0.39, 0.29) is 11.1 Å². The maximum atomic E-state index is 11.1. The Morgan fingerprint density at radius 1 is 1.09 bits per heavy atom. The number of thioether (sulfide) groups is 2. The number of nitro groups is 1. The topological polar surface area (TPSA) is 99.1 Å². The predicted molar refractivity (Wildman–Crippen MR) is 130 cm³/mol. The molecule has 0 aliphatic rings. The van der Waals surface area contributed by atoms with Gasteiger partial charge in [-0.25, -0.2) is 4.98 Å². The Labute approximate surface area is 198 Å². The van der Waals surface area contributed by atoms with Gasteiger partial charge in [0.15, 0.2) is 0 Å². The molecular weight excluding hydrogens is 464 g/mol. The molecule has 0 saturated carbocycles. The summed E-state index contributed by atoms with van der Waals surface area (Å²) in [6.45, 7) is 2.08. The molecular formula is C21H20N6O2S3. The van der Waals surface area contributed by atoms with E-state index in [1.54, 1.807) is 42.0 Å². The number of thiol groups is 1. The van der Waals surface area contributed by atoms with Crippen LogP contribution in [-0.2, 0) is 0 Å². The summed E-state index contributed by atoms with van der Waals surface area (Å²) in [6.07, 6.45) is 7.56. The van der Waals surface area contributed by atoms with Gasteiger partial charge in [-0.15, -0.1) is 23.5 Å². The molecule has 0 radical (unpaired) electrons. The lowest BCUT2D eigenvalue weighted by molar-refractivity contribution is -0.391. The van der Waals surface area contributed by atoms with E-state index in [0.717, 1.165) is 39.8 Å². The highest BCUT2D eigenvalue weighted by molar-refractivity contribution is 8.00. The molecule has 0 fully saturated rings. The molecule has 4 aromatic heterocycles. The quantitative estimate of drug-likeness (QED) is 0.116. The van der Waals surface area contributed by atoms with Gasteiger partial charge in [0.25, 0.3) is 0 Å². The van der Waals surface area contributed by atoms with Gasteiger partial charge >= 0.3 is 5.82 Å². The summed E-state index contributed by atoms with van der Waals surface area (Å²) in [7, 11) is 0. The zero-order valence-corrected chi connectivity index (χ0v) is 19.7. The number of hydrogen-bond donors (Lipinski definition) is 1. The van der Waals surface area contributed by atoms with Crippen LogP contribution < -0.4 is 0 Å². The van der Waals surface area contributed by atoms with Crippen molar-refractivity contribution in [3.8, 4) is 0 Å². The second-order valence-electron chi connectivity index (χ2n) is 6.87.